The van der Waals surface area contributed by atoms with Crippen molar-refractivity contribution in [3.8, 4) is 0 Å². The Bertz CT molecular complexity index is 916. The van der Waals surface area contributed by atoms with Crippen LogP contribution in [-0.4, -0.2) is 35.5 Å². The second-order valence-corrected chi connectivity index (χ2v) is 6.92. The molecule has 1 aliphatic rings. The number of rotatable bonds is 6. The second kappa shape index (κ2) is 8.52. The van der Waals surface area contributed by atoms with Crippen molar-refractivity contribution in [1.82, 2.24) is 15.3 Å². The van der Waals surface area contributed by atoms with Gasteiger partial charge in [0, 0.05) is 49.0 Å². The molecule has 6 nitrogen and oxygen atoms in total. The van der Waals surface area contributed by atoms with Crippen LogP contribution in [0.5, 0.6) is 0 Å². The van der Waals surface area contributed by atoms with Crippen LogP contribution in [0.1, 0.15) is 16.8 Å². The van der Waals surface area contributed by atoms with Gasteiger partial charge in [-0.15, -0.1) is 0 Å². The fourth-order valence-corrected chi connectivity index (χ4v) is 3.44. The molecule has 3 aromatic rings. The minimum Gasteiger partial charge on any atom is -0.371 e. The van der Waals surface area contributed by atoms with Gasteiger partial charge in [-0.2, -0.15) is 0 Å². The van der Waals surface area contributed by atoms with Crippen molar-refractivity contribution < 1.29 is 4.79 Å². The maximum absolute atomic E-state index is 12.6. The third-order valence-electron chi connectivity index (χ3n) is 4.91. The van der Waals surface area contributed by atoms with Gasteiger partial charge in [0.2, 0.25) is 5.95 Å². The quantitative estimate of drug-likeness (QED) is 0.692. The highest BCUT2D eigenvalue weighted by Crippen LogP contribution is 2.23. The van der Waals surface area contributed by atoms with Crippen LogP contribution in [0.4, 0.5) is 17.3 Å². The third-order valence-corrected chi connectivity index (χ3v) is 4.91. The van der Waals surface area contributed by atoms with Crippen molar-refractivity contribution in [2.75, 3.05) is 29.9 Å². The van der Waals surface area contributed by atoms with Gasteiger partial charge in [0.25, 0.3) is 5.91 Å². The van der Waals surface area contributed by atoms with E-state index in [1.807, 2.05) is 30.3 Å². The van der Waals surface area contributed by atoms with Crippen LogP contribution in [-0.2, 0) is 0 Å². The van der Waals surface area contributed by atoms with E-state index >= 15 is 0 Å². The third kappa shape index (κ3) is 4.46. The van der Waals surface area contributed by atoms with Crippen molar-refractivity contribution in [1.29, 1.82) is 0 Å². The van der Waals surface area contributed by atoms with Gasteiger partial charge in [0.05, 0.1) is 0 Å². The van der Waals surface area contributed by atoms with Gasteiger partial charge in [0.15, 0.2) is 0 Å². The molecule has 4 rings (SSSR count). The fraction of sp³-hybridized carbons (Fsp3) is 0.227. The van der Waals surface area contributed by atoms with E-state index in [9.17, 15) is 4.79 Å². The van der Waals surface area contributed by atoms with Gasteiger partial charge in [-0.1, -0.05) is 24.3 Å². The molecule has 1 unspecified atom stereocenters. The highest BCUT2D eigenvalue weighted by Gasteiger charge is 2.23. The lowest BCUT2D eigenvalue weighted by atomic mass is 10.1. The number of hydrogen-bond acceptors (Lipinski definition) is 5. The molecule has 2 N–H and O–H groups in total. The predicted molar refractivity (Wildman–Crippen MR) is 111 cm³/mol. The molecule has 1 aromatic heterocycles. The van der Waals surface area contributed by atoms with Crippen LogP contribution in [0.3, 0.4) is 0 Å². The first-order chi connectivity index (χ1) is 13.8. The minimum atomic E-state index is -0.0595. The molecular weight excluding hydrogens is 350 g/mol. The van der Waals surface area contributed by atoms with E-state index in [2.05, 4.69) is 49.8 Å². The van der Waals surface area contributed by atoms with Crippen LogP contribution in [0, 0.1) is 5.92 Å². The van der Waals surface area contributed by atoms with Gasteiger partial charge < -0.3 is 15.5 Å². The zero-order chi connectivity index (χ0) is 19.2. The molecule has 0 spiro atoms. The van der Waals surface area contributed by atoms with Crippen molar-refractivity contribution in [2.45, 2.75) is 6.42 Å². The molecule has 6 heteroatoms. The average Bonchev–Trinajstić information content (AvgIpc) is 3.23. The first-order valence-corrected chi connectivity index (χ1v) is 9.50. The van der Waals surface area contributed by atoms with E-state index in [0.717, 1.165) is 25.2 Å². The Kier molecular flexibility index (Phi) is 5.47. The summed E-state index contributed by atoms with van der Waals surface area (Å²) >= 11 is 0. The van der Waals surface area contributed by atoms with Crippen LogP contribution in [0.2, 0.25) is 0 Å². The highest BCUT2D eigenvalue weighted by atomic mass is 16.1. The molecule has 0 bridgehead atoms. The van der Waals surface area contributed by atoms with Gasteiger partial charge in [0.1, 0.15) is 0 Å². The molecule has 0 saturated carbocycles. The summed E-state index contributed by atoms with van der Waals surface area (Å²) in [6, 6.07) is 19.6. The summed E-state index contributed by atoms with van der Waals surface area (Å²) in [6.45, 7) is 2.68. The number of amides is 1. The van der Waals surface area contributed by atoms with Gasteiger partial charge >= 0.3 is 0 Å². The maximum Gasteiger partial charge on any atom is 0.251 e. The van der Waals surface area contributed by atoms with Crippen LogP contribution in [0.15, 0.2) is 73.1 Å². The van der Waals surface area contributed by atoms with E-state index in [0.29, 0.717) is 24.0 Å². The Balaban J connectivity index is 1.31. The number of benzene rings is 2. The lowest BCUT2D eigenvalue weighted by Crippen LogP contribution is -2.31. The Morgan fingerprint density at radius 3 is 2.68 bits per heavy atom. The topological polar surface area (TPSA) is 70.2 Å². The summed E-state index contributed by atoms with van der Waals surface area (Å²) in [4.78, 5) is 23.2. The van der Waals surface area contributed by atoms with Crippen LogP contribution < -0.4 is 15.5 Å². The molecule has 1 amide bonds. The number of carbonyl (C=O) groups excluding carboxylic acids is 1. The molecule has 142 valence electrons. The number of hydrogen-bond donors (Lipinski definition) is 2. The summed E-state index contributed by atoms with van der Waals surface area (Å²) in [5.74, 6) is 0.908. The highest BCUT2D eigenvalue weighted by molar-refractivity contribution is 5.95. The van der Waals surface area contributed by atoms with E-state index < -0.39 is 0 Å². The lowest BCUT2D eigenvalue weighted by molar-refractivity contribution is 0.0948. The van der Waals surface area contributed by atoms with Crippen LogP contribution in [0.25, 0.3) is 0 Å². The number of nitrogens with one attached hydrogen (secondary N) is 2. The first kappa shape index (κ1) is 18.0. The average molecular weight is 373 g/mol. The van der Waals surface area contributed by atoms with E-state index in [1.165, 1.54) is 5.69 Å². The monoisotopic (exact) mass is 373 g/mol. The molecule has 28 heavy (non-hydrogen) atoms. The Morgan fingerprint density at radius 1 is 1.04 bits per heavy atom. The van der Waals surface area contributed by atoms with Crippen molar-refractivity contribution in [3.63, 3.8) is 0 Å². The summed E-state index contributed by atoms with van der Waals surface area (Å²) in [5, 5.41) is 6.19. The molecule has 2 aromatic carbocycles. The molecule has 0 radical (unpaired) electrons. The molecule has 1 fully saturated rings. The van der Waals surface area contributed by atoms with Gasteiger partial charge in [-0.05, 0) is 48.7 Å². The molecule has 1 aliphatic heterocycles. The minimum absolute atomic E-state index is 0.0595. The smallest absolute Gasteiger partial charge is 0.251 e. The Labute approximate surface area is 164 Å². The fourth-order valence-electron chi connectivity index (χ4n) is 3.44. The normalized spacial score (nSPS) is 16.0. The van der Waals surface area contributed by atoms with E-state index in [4.69, 9.17) is 0 Å². The summed E-state index contributed by atoms with van der Waals surface area (Å²) < 4.78 is 0. The van der Waals surface area contributed by atoms with Crippen molar-refractivity contribution >= 4 is 23.2 Å². The Hall–Kier alpha value is -3.41. The Morgan fingerprint density at radius 2 is 1.86 bits per heavy atom. The van der Waals surface area contributed by atoms with Gasteiger partial charge in [-0.3, -0.25) is 4.79 Å². The number of anilines is 3. The largest absolute Gasteiger partial charge is 0.371 e. The number of carbonyl (C=O) groups is 1. The number of nitrogens with zero attached hydrogens (tertiary/aromatic N) is 3. The molecule has 0 aliphatic carbocycles. The number of aromatic nitrogens is 2. The van der Waals surface area contributed by atoms with E-state index in [1.54, 1.807) is 18.5 Å². The SMILES string of the molecule is O=C(NCC1CCN(c2ccccc2)C1)c1cccc(Nc2ncccn2)c1. The van der Waals surface area contributed by atoms with Crippen LogP contribution >= 0.6 is 0 Å². The predicted octanol–water partition coefficient (Wildman–Crippen LogP) is 3.48. The molecule has 1 saturated heterocycles. The van der Waals surface area contributed by atoms with Crippen molar-refractivity contribution in [3.05, 3.63) is 78.6 Å². The first-order valence-electron chi connectivity index (χ1n) is 9.50. The maximum atomic E-state index is 12.6. The summed E-state index contributed by atoms with van der Waals surface area (Å²) in [7, 11) is 0. The van der Waals surface area contributed by atoms with Crippen molar-refractivity contribution in [2.24, 2.45) is 5.92 Å². The standard InChI is InChI=1S/C22H23N5O/c28-21(18-6-4-7-19(14-18)26-22-23-11-5-12-24-22)25-15-17-10-13-27(16-17)20-8-2-1-3-9-20/h1-9,11-12,14,17H,10,13,15-16H2,(H,25,28)(H,23,24,26). The molecular formula is C22H23N5O. The zero-order valence-electron chi connectivity index (χ0n) is 15.6. The molecule has 2 heterocycles. The molecule has 1 atom stereocenters. The summed E-state index contributed by atoms with van der Waals surface area (Å²) in [5.41, 5.74) is 2.66. The lowest BCUT2D eigenvalue weighted by Gasteiger charge is -2.18. The van der Waals surface area contributed by atoms with E-state index in [-0.39, 0.29) is 5.91 Å². The zero-order valence-corrected chi connectivity index (χ0v) is 15.6. The summed E-state index contributed by atoms with van der Waals surface area (Å²) in [6.07, 6.45) is 4.43. The number of para-hydroxylation sites is 1. The van der Waals surface area contributed by atoms with Gasteiger partial charge in [-0.25, -0.2) is 9.97 Å². The second-order valence-electron chi connectivity index (χ2n) is 6.92.